The number of rotatable bonds is 5. The minimum atomic E-state index is 0.154. The highest BCUT2D eigenvalue weighted by molar-refractivity contribution is 5.80. The molecule has 17 heavy (non-hydrogen) atoms. The van der Waals surface area contributed by atoms with Crippen molar-refractivity contribution < 1.29 is 9.47 Å². The van der Waals surface area contributed by atoms with Gasteiger partial charge in [0.1, 0.15) is 12.0 Å². The van der Waals surface area contributed by atoms with Gasteiger partial charge in [-0.2, -0.15) is 15.1 Å². The van der Waals surface area contributed by atoms with Gasteiger partial charge < -0.3 is 15.2 Å². The first-order chi connectivity index (χ1) is 8.16. The Labute approximate surface area is 98.3 Å². The van der Waals surface area contributed by atoms with Gasteiger partial charge in [0.2, 0.25) is 11.8 Å². The minimum absolute atomic E-state index is 0.154. The topological polar surface area (TPSA) is 98.9 Å². The number of H-pyrrole nitrogens is 1. The predicted molar refractivity (Wildman–Crippen MR) is 62.7 cm³/mol. The van der Waals surface area contributed by atoms with Crippen LogP contribution in [0.3, 0.4) is 0 Å². The van der Waals surface area contributed by atoms with Crippen LogP contribution in [0.4, 0.5) is 5.95 Å². The van der Waals surface area contributed by atoms with E-state index in [1.165, 1.54) is 0 Å². The number of nitrogens with two attached hydrogens (primary N) is 1. The molecule has 0 saturated carbocycles. The lowest BCUT2D eigenvalue weighted by Crippen LogP contribution is -2.12. The summed E-state index contributed by atoms with van der Waals surface area (Å²) in [6.07, 6.45) is 1.79. The maximum atomic E-state index is 5.56. The fourth-order valence-corrected chi connectivity index (χ4v) is 1.36. The molecule has 92 valence electrons. The Hall–Kier alpha value is -1.89. The van der Waals surface area contributed by atoms with Crippen molar-refractivity contribution in [2.24, 2.45) is 0 Å². The molecule has 7 heteroatoms. The molecule has 2 aromatic rings. The van der Waals surface area contributed by atoms with Gasteiger partial charge in [0.15, 0.2) is 5.65 Å². The summed E-state index contributed by atoms with van der Waals surface area (Å²) in [5, 5.41) is 7.29. The van der Waals surface area contributed by atoms with Crippen LogP contribution in [-0.2, 0) is 4.74 Å². The number of nitrogen functional groups attached to an aromatic ring is 1. The van der Waals surface area contributed by atoms with Gasteiger partial charge in [0.05, 0.1) is 18.9 Å². The SMILES string of the molecule is CC(C)OCCOc1nc(N)nc2[nH]ncc12. The number of nitrogens with one attached hydrogen (secondary N) is 1. The maximum absolute atomic E-state index is 5.56. The van der Waals surface area contributed by atoms with Crippen molar-refractivity contribution in [3.8, 4) is 5.88 Å². The van der Waals surface area contributed by atoms with E-state index in [0.717, 1.165) is 0 Å². The molecule has 0 fully saturated rings. The van der Waals surface area contributed by atoms with Crippen molar-refractivity contribution >= 4 is 17.0 Å². The van der Waals surface area contributed by atoms with Crippen LogP contribution in [0.25, 0.3) is 11.0 Å². The molecule has 0 saturated heterocycles. The monoisotopic (exact) mass is 237 g/mol. The Morgan fingerprint density at radius 3 is 2.94 bits per heavy atom. The smallest absolute Gasteiger partial charge is 0.229 e. The lowest BCUT2D eigenvalue weighted by Gasteiger charge is -2.09. The Kier molecular flexibility index (Phi) is 3.38. The Bertz CT molecular complexity index is 496. The number of hydrogen-bond donors (Lipinski definition) is 2. The molecule has 0 aliphatic rings. The number of aromatic nitrogens is 4. The van der Waals surface area contributed by atoms with Crippen molar-refractivity contribution in [1.29, 1.82) is 0 Å². The van der Waals surface area contributed by atoms with E-state index in [1.807, 2.05) is 13.8 Å². The molecular weight excluding hydrogens is 222 g/mol. The van der Waals surface area contributed by atoms with Gasteiger partial charge >= 0.3 is 0 Å². The highest BCUT2D eigenvalue weighted by Crippen LogP contribution is 2.20. The first-order valence-electron chi connectivity index (χ1n) is 5.38. The van der Waals surface area contributed by atoms with Crippen molar-refractivity contribution in [1.82, 2.24) is 20.2 Å². The van der Waals surface area contributed by atoms with E-state index in [-0.39, 0.29) is 12.1 Å². The minimum Gasteiger partial charge on any atom is -0.475 e. The van der Waals surface area contributed by atoms with E-state index in [1.54, 1.807) is 6.20 Å². The molecule has 2 aromatic heterocycles. The van der Waals surface area contributed by atoms with Crippen LogP contribution in [-0.4, -0.2) is 39.5 Å². The van der Waals surface area contributed by atoms with E-state index < -0.39 is 0 Å². The van der Waals surface area contributed by atoms with Crippen LogP contribution >= 0.6 is 0 Å². The summed E-state index contributed by atoms with van der Waals surface area (Å²) in [4.78, 5) is 8.01. The fraction of sp³-hybridized carbons (Fsp3) is 0.500. The van der Waals surface area contributed by atoms with Gasteiger partial charge in [0.25, 0.3) is 0 Å². The number of aromatic amines is 1. The molecule has 0 aliphatic carbocycles. The Balaban J connectivity index is 2.04. The van der Waals surface area contributed by atoms with Crippen LogP contribution in [0.15, 0.2) is 6.20 Å². The molecule has 0 unspecified atom stereocenters. The zero-order valence-electron chi connectivity index (χ0n) is 9.80. The summed E-state index contributed by atoms with van der Waals surface area (Å²) in [5.41, 5.74) is 6.12. The molecule has 0 radical (unpaired) electrons. The van der Waals surface area contributed by atoms with E-state index in [0.29, 0.717) is 30.1 Å². The van der Waals surface area contributed by atoms with Crippen molar-refractivity contribution in [2.45, 2.75) is 20.0 Å². The molecule has 2 heterocycles. The molecule has 0 aromatic carbocycles. The summed E-state index contributed by atoms with van der Waals surface area (Å²) >= 11 is 0. The van der Waals surface area contributed by atoms with Crippen LogP contribution in [0.2, 0.25) is 0 Å². The second-order valence-corrected chi connectivity index (χ2v) is 3.79. The second kappa shape index (κ2) is 4.96. The molecule has 7 nitrogen and oxygen atoms in total. The van der Waals surface area contributed by atoms with E-state index in [9.17, 15) is 0 Å². The van der Waals surface area contributed by atoms with Crippen molar-refractivity contribution in [2.75, 3.05) is 18.9 Å². The van der Waals surface area contributed by atoms with Crippen LogP contribution in [0.1, 0.15) is 13.8 Å². The van der Waals surface area contributed by atoms with Gasteiger partial charge in [-0.1, -0.05) is 0 Å². The van der Waals surface area contributed by atoms with Crippen molar-refractivity contribution in [3.05, 3.63) is 6.20 Å². The first kappa shape index (κ1) is 11.6. The number of ether oxygens (including phenoxy) is 2. The molecule has 2 rings (SSSR count). The third-order valence-electron chi connectivity index (χ3n) is 2.07. The summed E-state index contributed by atoms with van der Waals surface area (Å²) < 4.78 is 10.9. The summed E-state index contributed by atoms with van der Waals surface area (Å²) in [6, 6.07) is 0. The normalized spacial score (nSPS) is 11.2. The second-order valence-electron chi connectivity index (χ2n) is 3.79. The zero-order chi connectivity index (χ0) is 12.3. The molecule has 3 N–H and O–H groups in total. The van der Waals surface area contributed by atoms with Crippen LogP contribution in [0.5, 0.6) is 5.88 Å². The molecule has 0 amide bonds. The van der Waals surface area contributed by atoms with Crippen LogP contribution in [0, 0.1) is 0 Å². The van der Waals surface area contributed by atoms with Gasteiger partial charge in [-0.3, -0.25) is 5.10 Å². The lowest BCUT2D eigenvalue weighted by molar-refractivity contribution is 0.0546. The number of nitrogens with zero attached hydrogens (tertiary/aromatic N) is 3. The number of hydrogen-bond acceptors (Lipinski definition) is 6. The third-order valence-corrected chi connectivity index (χ3v) is 2.07. The van der Waals surface area contributed by atoms with E-state index >= 15 is 0 Å². The van der Waals surface area contributed by atoms with Gasteiger partial charge in [-0.05, 0) is 13.8 Å². The molecule has 0 bridgehead atoms. The standard InChI is InChI=1S/C10H15N5O2/c1-6(2)16-3-4-17-9-7-5-12-15-8(7)13-10(11)14-9/h5-6H,3-4H2,1-2H3,(H3,11,12,13,14,15). The van der Waals surface area contributed by atoms with E-state index in [4.69, 9.17) is 15.2 Å². The molecule has 0 aliphatic heterocycles. The predicted octanol–water partition coefficient (Wildman–Crippen LogP) is 0.739. The lowest BCUT2D eigenvalue weighted by atomic mass is 10.4. The summed E-state index contributed by atoms with van der Waals surface area (Å²) in [6.45, 7) is 4.85. The summed E-state index contributed by atoms with van der Waals surface area (Å²) in [5.74, 6) is 0.579. The summed E-state index contributed by atoms with van der Waals surface area (Å²) in [7, 11) is 0. The molecule has 0 spiro atoms. The number of fused-ring (bicyclic) bond motifs is 1. The zero-order valence-corrected chi connectivity index (χ0v) is 9.80. The van der Waals surface area contributed by atoms with Gasteiger partial charge in [0, 0.05) is 0 Å². The first-order valence-corrected chi connectivity index (χ1v) is 5.38. The molecule has 0 atom stereocenters. The third kappa shape index (κ3) is 2.82. The Morgan fingerprint density at radius 1 is 1.35 bits per heavy atom. The van der Waals surface area contributed by atoms with Gasteiger partial charge in [-0.25, -0.2) is 0 Å². The van der Waals surface area contributed by atoms with Crippen LogP contribution < -0.4 is 10.5 Å². The largest absolute Gasteiger partial charge is 0.475 e. The Morgan fingerprint density at radius 2 is 2.18 bits per heavy atom. The quantitative estimate of drug-likeness (QED) is 0.744. The molecular formula is C10H15N5O2. The maximum Gasteiger partial charge on any atom is 0.229 e. The fourth-order valence-electron chi connectivity index (χ4n) is 1.36. The van der Waals surface area contributed by atoms with Gasteiger partial charge in [-0.15, -0.1) is 0 Å². The van der Waals surface area contributed by atoms with Crippen molar-refractivity contribution in [3.63, 3.8) is 0 Å². The highest BCUT2D eigenvalue weighted by Gasteiger charge is 2.08. The highest BCUT2D eigenvalue weighted by atomic mass is 16.5. The average molecular weight is 237 g/mol. The number of anilines is 1. The van der Waals surface area contributed by atoms with E-state index in [2.05, 4.69) is 20.2 Å². The average Bonchev–Trinajstić information content (AvgIpc) is 2.71.